The molecule has 6 aliphatic rings. The van der Waals surface area contributed by atoms with Crippen LogP contribution in [0, 0.1) is 0 Å². The van der Waals surface area contributed by atoms with Gasteiger partial charge in [0.05, 0.1) is 79.3 Å². The molecule has 0 saturated heterocycles. The van der Waals surface area contributed by atoms with Crippen LogP contribution in [0.1, 0.15) is 187 Å². The average Bonchev–Trinajstić information content (AvgIpc) is 0.791. The molecule has 0 saturated carbocycles. The third-order valence-corrected chi connectivity index (χ3v) is 24.3. The Morgan fingerprint density at radius 2 is 0.266 bits per heavy atom. The molecule has 16 nitrogen and oxygen atoms in total. The van der Waals surface area contributed by atoms with Gasteiger partial charge in [-0.2, -0.15) is 0 Å². The van der Waals surface area contributed by atoms with Crippen molar-refractivity contribution in [3.63, 3.8) is 0 Å². The molecular formula is C112H120O16. The lowest BCUT2D eigenvalue weighted by Crippen LogP contribution is -2.16. The summed E-state index contributed by atoms with van der Waals surface area (Å²) in [5, 5.41) is 0. The molecule has 18 rings (SSSR count). The highest BCUT2D eigenvalue weighted by Gasteiger charge is 2.29. The summed E-state index contributed by atoms with van der Waals surface area (Å²) in [6, 6.07) is 78.3. The third kappa shape index (κ3) is 21.6. The average molecular weight is 1720 g/mol. The Hall–Kier alpha value is -11.9. The number of ether oxygens (including phenoxy) is 16. The van der Waals surface area contributed by atoms with Crippen LogP contribution in [0.25, 0.3) is 0 Å². The molecule has 32 bridgehead atoms. The number of rotatable bonds is 12. The minimum atomic E-state index is 0.263. The van der Waals surface area contributed by atoms with Gasteiger partial charge >= 0.3 is 0 Å². The maximum absolute atomic E-state index is 7.22. The van der Waals surface area contributed by atoms with E-state index in [1.165, 1.54) is 0 Å². The van der Waals surface area contributed by atoms with Crippen LogP contribution in [0.15, 0.2) is 218 Å². The molecule has 0 amide bonds. The summed E-state index contributed by atoms with van der Waals surface area (Å²) < 4.78 is 111. The van der Waals surface area contributed by atoms with E-state index in [1.54, 1.807) is 0 Å². The van der Waals surface area contributed by atoms with Crippen molar-refractivity contribution in [2.75, 3.05) is 132 Å². The number of benzene rings is 12. The summed E-state index contributed by atoms with van der Waals surface area (Å²) in [4.78, 5) is 0. The first-order valence-corrected chi connectivity index (χ1v) is 46.5. The predicted octanol–water partition coefficient (Wildman–Crippen LogP) is 21.4. The first-order chi connectivity index (χ1) is 63.3. The Bertz CT molecular complexity index is 4800. The van der Waals surface area contributed by atoms with Crippen LogP contribution in [0.5, 0.6) is 69.0 Å². The Kier molecular flexibility index (Phi) is 30.4. The Labute approximate surface area is 754 Å². The molecule has 0 aromatic heterocycles. The summed E-state index contributed by atoms with van der Waals surface area (Å²) in [7, 11) is 0. The number of para-hydroxylation sites is 12. The van der Waals surface area contributed by atoms with Crippen LogP contribution >= 0.6 is 0 Å². The largest absolute Gasteiger partial charge is 0.493 e. The fourth-order valence-corrected chi connectivity index (χ4v) is 18.5. The van der Waals surface area contributed by atoms with Gasteiger partial charge in [-0.25, -0.2) is 0 Å². The van der Waals surface area contributed by atoms with E-state index in [1.807, 2.05) is 0 Å². The summed E-state index contributed by atoms with van der Waals surface area (Å²) >= 11 is 0. The van der Waals surface area contributed by atoms with E-state index in [4.69, 9.17) is 75.8 Å². The monoisotopic (exact) mass is 1720 g/mol. The van der Waals surface area contributed by atoms with Gasteiger partial charge in [-0.15, -0.1) is 0 Å². The van der Waals surface area contributed by atoms with Crippen LogP contribution in [-0.2, 0) is 96.0 Å². The lowest BCUT2D eigenvalue weighted by Gasteiger charge is -2.23. The van der Waals surface area contributed by atoms with Gasteiger partial charge in [-0.05, 0) is 159 Å². The van der Waals surface area contributed by atoms with Gasteiger partial charge < -0.3 is 75.8 Å². The van der Waals surface area contributed by atoms with Crippen molar-refractivity contribution in [1.29, 1.82) is 0 Å². The fourth-order valence-electron chi connectivity index (χ4n) is 18.5. The maximum Gasteiger partial charge on any atom is 0.126 e. The van der Waals surface area contributed by atoms with Gasteiger partial charge in [-0.3, -0.25) is 0 Å². The van der Waals surface area contributed by atoms with E-state index in [2.05, 4.69) is 246 Å². The van der Waals surface area contributed by atoms with Gasteiger partial charge in [-0.1, -0.05) is 246 Å². The van der Waals surface area contributed by atoms with E-state index < -0.39 is 0 Å². The fraction of sp³-hybridized carbons (Fsp3) is 0.357. The molecule has 0 radical (unpaired) electrons. The van der Waals surface area contributed by atoms with Crippen LogP contribution in [0.2, 0.25) is 0 Å². The molecule has 16 heteroatoms. The van der Waals surface area contributed by atoms with E-state index in [0.29, 0.717) is 183 Å². The first kappa shape index (κ1) is 88.1. The Morgan fingerprint density at radius 1 is 0.156 bits per heavy atom. The topological polar surface area (TPSA) is 148 Å². The van der Waals surface area contributed by atoms with Crippen molar-refractivity contribution in [2.45, 2.75) is 130 Å². The van der Waals surface area contributed by atoms with Gasteiger partial charge in [0.1, 0.15) is 122 Å². The van der Waals surface area contributed by atoms with Crippen molar-refractivity contribution in [1.82, 2.24) is 0 Å². The second-order valence-corrected chi connectivity index (χ2v) is 33.6. The minimum Gasteiger partial charge on any atom is -0.493 e. The van der Waals surface area contributed by atoms with Gasteiger partial charge in [0.25, 0.3) is 0 Å². The number of hydrogen-bond donors (Lipinski definition) is 0. The van der Waals surface area contributed by atoms with E-state index in [9.17, 15) is 0 Å². The van der Waals surface area contributed by atoms with Gasteiger partial charge in [0.2, 0.25) is 0 Å². The molecule has 0 atom stereocenters. The second-order valence-electron chi connectivity index (χ2n) is 33.6. The predicted molar refractivity (Wildman–Crippen MR) is 501 cm³/mol. The molecular weight excluding hydrogens is 1600 g/mol. The van der Waals surface area contributed by atoms with Crippen LogP contribution in [0.4, 0.5) is 0 Å². The SMILES string of the molecule is CCCOc1c2cccc1Cc1cccc3c1OCCOCCOc1c4cccc1Cc1cccc5c1OCCOCCOc1c6cccc1Cc1cccc(c1OCCC)Cc1cccc(c1OCCOCCOc1c(cccc1C4)Cc1cccc(c1OCCOCCOc1c(cccc1Cc1cccc(c1OCCC)C3)C2)C5)Cc1cccc(c1OCCC)C6. The smallest absolute Gasteiger partial charge is 0.126 e. The molecule has 12 aromatic rings. The minimum absolute atomic E-state index is 0.263. The maximum atomic E-state index is 7.22. The zero-order chi connectivity index (χ0) is 87.0. The first-order valence-electron chi connectivity index (χ1n) is 46.5. The van der Waals surface area contributed by atoms with Crippen molar-refractivity contribution < 1.29 is 75.8 Å². The molecule has 664 valence electrons. The van der Waals surface area contributed by atoms with Crippen molar-refractivity contribution in [3.8, 4) is 69.0 Å². The lowest BCUT2D eigenvalue weighted by molar-refractivity contribution is 0.0750. The molecule has 3 aliphatic carbocycles. The summed E-state index contributed by atoms with van der Waals surface area (Å²) in [5.41, 5.74) is 25.0. The summed E-state index contributed by atoms with van der Waals surface area (Å²) in [6.45, 7) is 15.5. The summed E-state index contributed by atoms with van der Waals surface area (Å²) in [5.74, 6) is 9.96. The Morgan fingerprint density at radius 3 is 0.383 bits per heavy atom. The number of hydrogen-bond acceptors (Lipinski definition) is 16. The third-order valence-electron chi connectivity index (χ3n) is 24.3. The highest BCUT2D eigenvalue weighted by molar-refractivity contribution is 5.61. The van der Waals surface area contributed by atoms with Crippen molar-refractivity contribution in [3.05, 3.63) is 352 Å². The lowest BCUT2D eigenvalue weighted by atomic mass is 9.91. The summed E-state index contributed by atoms with van der Waals surface area (Å²) in [6.07, 6.45) is 9.93. The molecule has 128 heavy (non-hydrogen) atoms. The van der Waals surface area contributed by atoms with Crippen LogP contribution < -0.4 is 56.8 Å². The van der Waals surface area contributed by atoms with E-state index in [0.717, 1.165) is 228 Å². The molecule has 0 N–H and O–H groups in total. The zero-order valence-corrected chi connectivity index (χ0v) is 74.8. The highest BCUT2D eigenvalue weighted by atomic mass is 16.6. The van der Waals surface area contributed by atoms with Gasteiger partial charge in [0, 0.05) is 77.0 Å². The quantitative estimate of drug-likeness (QED) is 0.107. The standard InChI is InChI=1S/C112H120O16/c1-5-45-117-101-77-21-9-22-78(101)66-86-30-14-32-88-68-80-24-10-23-79(102(80)118-46-6-2)67-87-31-13-29-85(65-77)105(87)121-57-49-113-53-61-125-109-93-37-17-38-94(109)74-98-42-20-44-100-76-96-40-18-39-95(110(96)126-62-54-114-50-58-122-106(86)88)75-99-43-19-41-97(73-93)111(99)127-63-55-115-51-59-123-107-89-33-15-35-91(107)71-83-27-12-28-84(104(83)120-48-8-4)72-92-36-16-34-90(108(92)124-60-52-116-56-64-128-112(98)100)70-82-26-11-25-81(69-89)103(82)119-47-7-3/h9-44H,5-8,45-76H2,1-4H3. The van der Waals surface area contributed by atoms with Crippen molar-refractivity contribution >= 4 is 0 Å². The molecule has 0 fully saturated rings. The zero-order valence-electron chi connectivity index (χ0n) is 74.8. The molecule has 12 aromatic carbocycles. The molecule has 0 unspecified atom stereocenters. The van der Waals surface area contributed by atoms with E-state index >= 15 is 0 Å². The van der Waals surface area contributed by atoms with Crippen molar-refractivity contribution in [2.24, 2.45) is 0 Å². The highest BCUT2D eigenvalue weighted by Crippen LogP contribution is 2.45. The van der Waals surface area contributed by atoms with Gasteiger partial charge in [0.15, 0.2) is 0 Å². The molecule has 0 spiro atoms. The van der Waals surface area contributed by atoms with E-state index in [-0.39, 0.29) is 26.4 Å². The second kappa shape index (κ2) is 44.2. The number of fused-ring (bicyclic) bond motifs is 14. The Balaban J connectivity index is 0.734. The molecule has 3 aliphatic heterocycles. The normalized spacial score (nSPS) is 15.4. The van der Waals surface area contributed by atoms with Crippen LogP contribution in [-0.4, -0.2) is 132 Å². The van der Waals surface area contributed by atoms with Crippen LogP contribution in [0.3, 0.4) is 0 Å². The molecule has 3 heterocycles.